The summed E-state index contributed by atoms with van der Waals surface area (Å²) < 4.78 is 45.5. The number of halogens is 1. The van der Waals surface area contributed by atoms with Crippen molar-refractivity contribution in [3.63, 3.8) is 0 Å². The van der Waals surface area contributed by atoms with Crippen molar-refractivity contribution in [3.05, 3.63) is 76.9 Å². The van der Waals surface area contributed by atoms with Gasteiger partial charge < -0.3 is 4.74 Å². The summed E-state index contributed by atoms with van der Waals surface area (Å²) in [6, 6.07) is 14.3. The van der Waals surface area contributed by atoms with Crippen LogP contribution in [0.3, 0.4) is 0 Å². The molecule has 7 nitrogen and oxygen atoms in total. The van der Waals surface area contributed by atoms with Gasteiger partial charge in [0.2, 0.25) is 10.0 Å². The lowest BCUT2D eigenvalue weighted by Gasteiger charge is -2.38. The Morgan fingerprint density at radius 1 is 1.12 bits per heavy atom. The van der Waals surface area contributed by atoms with Gasteiger partial charge in [0.1, 0.15) is 11.5 Å². The Hall–Kier alpha value is -2.59. The second-order valence-corrected chi connectivity index (χ2v) is 10.3. The van der Waals surface area contributed by atoms with E-state index in [1.165, 1.54) is 12.1 Å². The lowest BCUT2D eigenvalue weighted by molar-refractivity contribution is -0.0415. The van der Waals surface area contributed by atoms with E-state index in [0.29, 0.717) is 26.2 Å². The third-order valence-electron chi connectivity index (χ3n) is 5.97. The average molecular weight is 473 g/mol. The Balaban J connectivity index is 1.74. The second kappa shape index (κ2) is 9.34. The summed E-state index contributed by atoms with van der Waals surface area (Å²) in [5, 5.41) is 9.89. The maximum atomic E-state index is 15.0. The summed E-state index contributed by atoms with van der Waals surface area (Å²) in [5.74, 6) is -0.699. The van der Waals surface area contributed by atoms with Crippen LogP contribution in [0, 0.1) is 12.7 Å². The van der Waals surface area contributed by atoms with Crippen LogP contribution in [-0.4, -0.2) is 48.4 Å². The molecule has 1 aliphatic rings. The van der Waals surface area contributed by atoms with E-state index in [1.807, 2.05) is 31.2 Å². The van der Waals surface area contributed by atoms with Gasteiger partial charge in [0.15, 0.2) is 0 Å². The molecule has 2 atom stereocenters. The van der Waals surface area contributed by atoms with E-state index in [4.69, 9.17) is 15.0 Å². The van der Waals surface area contributed by atoms with Gasteiger partial charge in [-0.15, -0.1) is 0 Å². The highest BCUT2D eigenvalue weighted by Crippen LogP contribution is 2.24. The zero-order valence-corrected chi connectivity index (χ0v) is 19.8. The highest BCUT2D eigenvalue weighted by atomic mass is 32.2. The molecule has 4 rings (SSSR count). The van der Waals surface area contributed by atoms with Gasteiger partial charge in [-0.25, -0.2) is 22.6 Å². The number of aromatic nitrogens is 2. The van der Waals surface area contributed by atoms with Gasteiger partial charge in [0.25, 0.3) is 0 Å². The summed E-state index contributed by atoms with van der Waals surface area (Å²) in [4.78, 5) is 2.06. The fraction of sp³-hybridized carbons (Fsp3) is 0.375. The zero-order valence-electron chi connectivity index (χ0n) is 19.0. The third kappa shape index (κ3) is 5.33. The molecule has 2 heterocycles. The molecule has 2 aromatic carbocycles. The number of benzene rings is 2. The van der Waals surface area contributed by atoms with Gasteiger partial charge in [-0.1, -0.05) is 29.8 Å². The quantitative estimate of drug-likeness (QED) is 0.595. The lowest BCUT2D eigenvalue weighted by Crippen LogP contribution is -2.48. The molecule has 0 bridgehead atoms. The van der Waals surface area contributed by atoms with Gasteiger partial charge in [0, 0.05) is 30.7 Å². The van der Waals surface area contributed by atoms with Crippen LogP contribution in [0.25, 0.3) is 5.69 Å². The van der Waals surface area contributed by atoms with E-state index >= 15 is 4.39 Å². The Bertz CT molecular complexity index is 1250. The molecule has 2 N–H and O–H groups in total. The molecular formula is C24H29FN4O3S. The molecule has 2 unspecified atom stereocenters. The maximum absolute atomic E-state index is 15.0. The van der Waals surface area contributed by atoms with E-state index in [2.05, 4.69) is 24.8 Å². The van der Waals surface area contributed by atoms with Gasteiger partial charge in [-0.05, 0) is 50.6 Å². The van der Waals surface area contributed by atoms with Crippen LogP contribution in [0.2, 0.25) is 0 Å². The number of primary sulfonamides is 1. The number of hydrogen-bond donors (Lipinski definition) is 1. The number of hydrogen-bond acceptors (Lipinski definition) is 5. The van der Waals surface area contributed by atoms with Crippen molar-refractivity contribution in [2.75, 3.05) is 13.2 Å². The monoisotopic (exact) mass is 472 g/mol. The van der Waals surface area contributed by atoms with Gasteiger partial charge in [-0.3, -0.25) is 4.90 Å². The number of aryl methyl sites for hydroxylation is 1. The van der Waals surface area contributed by atoms with Crippen LogP contribution < -0.4 is 5.14 Å². The number of nitrogens with zero attached hydrogens (tertiary/aromatic N) is 3. The number of nitrogens with two attached hydrogens (primary N) is 1. The number of ether oxygens (including phenoxy) is 1. The number of morpholine rings is 1. The van der Waals surface area contributed by atoms with Crippen LogP contribution in [0.5, 0.6) is 0 Å². The highest BCUT2D eigenvalue weighted by molar-refractivity contribution is 7.89. The van der Waals surface area contributed by atoms with Crippen molar-refractivity contribution >= 4 is 10.0 Å². The maximum Gasteiger partial charge on any atom is 0.238 e. The summed E-state index contributed by atoms with van der Waals surface area (Å²) in [5.41, 5.74) is 4.02. The van der Waals surface area contributed by atoms with Crippen molar-refractivity contribution in [1.29, 1.82) is 0 Å². The molecule has 1 aliphatic heterocycles. The first-order chi connectivity index (χ1) is 15.6. The van der Waals surface area contributed by atoms with E-state index < -0.39 is 15.8 Å². The normalized spacial score (nSPS) is 19.7. The Kier molecular flexibility index (Phi) is 6.67. The molecule has 1 saturated heterocycles. The number of sulfonamides is 1. The van der Waals surface area contributed by atoms with Crippen molar-refractivity contribution in [2.45, 2.75) is 50.7 Å². The van der Waals surface area contributed by atoms with Gasteiger partial charge in [0.05, 0.1) is 23.8 Å². The second-order valence-electron chi connectivity index (χ2n) is 8.77. The van der Waals surface area contributed by atoms with Crippen molar-refractivity contribution in [3.8, 4) is 5.69 Å². The minimum atomic E-state index is -4.00. The van der Waals surface area contributed by atoms with Crippen molar-refractivity contribution in [2.24, 2.45) is 5.14 Å². The molecule has 0 amide bonds. The van der Waals surface area contributed by atoms with Crippen molar-refractivity contribution in [1.82, 2.24) is 14.7 Å². The molecule has 0 radical (unpaired) electrons. The van der Waals surface area contributed by atoms with Crippen molar-refractivity contribution < 1.29 is 17.5 Å². The van der Waals surface area contributed by atoms with Gasteiger partial charge >= 0.3 is 0 Å². The fourth-order valence-corrected chi connectivity index (χ4v) is 4.81. The van der Waals surface area contributed by atoms with E-state index in [1.54, 1.807) is 4.68 Å². The first kappa shape index (κ1) is 23.6. The molecule has 33 heavy (non-hydrogen) atoms. The van der Waals surface area contributed by atoms with Crippen LogP contribution >= 0.6 is 0 Å². The average Bonchev–Trinajstić information content (AvgIpc) is 3.12. The summed E-state index contributed by atoms with van der Waals surface area (Å²) in [6.45, 7) is 8.18. The minimum absolute atomic E-state index is 0.180. The molecule has 3 aromatic rings. The summed E-state index contributed by atoms with van der Waals surface area (Å²) in [6.07, 6.45) is 0.555. The number of rotatable bonds is 6. The topological polar surface area (TPSA) is 90.4 Å². The van der Waals surface area contributed by atoms with Crippen LogP contribution in [0.1, 0.15) is 36.4 Å². The van der Waals surface area contributed by atoms with Gasteiger partial charge in [-0.2, -0.15) is 5.10 Å². The van der Waals surface area contributed by atoms with E-state index in [0.717, 1.165) is 28.6 Å². The van der Waals surface area contributed by atoms with Crippen LogP contribution in [0.15, 0.2) is 53.4 Å². The first-order valence-electron chi connectivity index (χ1n) is 10.9. The fourth-order valence-electron chi connectivity index (χ4n) is 4.29. The zero-order chi connectivity index (χ0) is 23.8. The standard InChI is InChI=1S/C24H29FN4O3S/c1-16-5-4-6-19(9-16)10-21-11-20(13-28-17(2)14-32-15-18(28)3)27-29(21)24-8-7-22(12-23(24)25)33(26,30)31/h4-9,11-12,17-18H,10,13-15H2,1-3H3,(H2,26,30,31). The van der Waals surface area contributed by atoms with E-state index in [9.17, 15) is 8.42 Å². The summed E-state index contributed by atoms with van der Waals surface area (Å²) >= 11 is 0. The molecule has 0 spiro atoms. The first-order valence-corrected chi connectivity index (χ1v) is 12.5. The smallest absolute Gasteiger partial charge is 0.238 e. The molecular weight excluding hydrogens is 443 g/mol. The molecule has 0 aliphatic carbocycles. The molecule has 9 heteroatoms. The predicted molar refractivity (Wildman–Crippen MR) is 124 cm³/mol. The third-order valence-corrected chi connectivity index (χ3v) is 6.88. The van der Waals surface area contributed by atoms with E-state index in [-0.39, 0.29) is 22.7 Å². The minimum Gasteiger partial charge on any atom is -0.378 e. The Morgan fingerprint density at radius 3 is 2.48 bits per heavy atom. The largest absolute Gasteiger partial charge is 0.378 e. The molecule has 176 valence electrons. The molecule has 0 saturated carbocycles. The highest BCUT2D eigenvalue weighted by Gasteiger charge is 2.27. The summed E-state index contributed by atoms with van der Waals surface area (Å²) in [7, 11) is -4.00. The molecule has 1 aromatic heterocycles. The van der Waals surface area contributed by atoms with Crippen LogP contribution in [0.4, 0.5) is 4.39 Å². The lowest BCUT2D eigenvalue weighted by atomic mass is 10.1. The predicted octanol–water partition coefficient (Wildman–Crippen LogP) is 3.17. The van der Waals surface area contributed by atoms with Crippen LogP contribution in [-0.2, 0) is 27.7 Å². The molecule has 1 fully saturated rings. The Morgan fingerprint density at radius 2 is 1.85 bits per heavy atom. The SMILES string of the molecule is Cc1cccc(Cc2cc(CN3C(C)COCC3C)nn2-c2ccc(S(N)(=O)=O)cc2F)c1. The Labute approximate surface area is 194 Å².